The lowest BCUT2D eigenvalue weighted by Crippen LogP contribution is -2.38. The van der Waals surface area contributed by atoms with Crippen LogP contribution in [0.4, 0.5) is 17.6 Å². The van der Waals surface area contributed by atoms with Crippen LogP contribution in [0.25, 0.3) is 0 Å². The number of benzene rings is 1. The van der Waals surface area contributed by atoms with Crippen molar-refractivity contribution in [2.45, 2.75) is 26.2 Å². The molecule has 1 fully saturated rings. The number of carbonyl (C=O) groups is 1. The Kier molecular flexibility index (Phi) is 6.16. The van der Waals surface area contributed by atoms with Crippen molar-refractivity contribution in [3.63, 3.8) is 0 Å². The van der Waals surface area contributed by atoms with Crippen LogP contribution < -0.4 is 10.2 Å². The molecule has 1 aromatic carbocycles. The molecule has 1 aliphatic rings. The first kappa shape index (κ1) is 20.6. The van der Waals surface area contributed by atoms with E-state index in [2.05, 4.69) is 32.1 Å². The monoisotopic (exact) mass is 441 g/mol. The third-order valence-electron chi connectivity index (χ3n) is 4.96. The average Bonchev–Trinajstić information content (AvgIpc) is 2.66. The quantitative estimate of drug-likeness (QED) is 0.512. The molecule has 0 amide bonds. The molecule has 6 nitrogen and oxygen atoms in total. The van der Waals surface area contributed by atoms with Crippen molar-refractivity contribution in [3.8, 4) is 0 Å². The second-order valence-electron chi connectivity index (χ2n) is 7.11. The third-order valence-corrected chi connectivity index (χ3v) is 5.59. The molecule has 3 aromatic rings. The number of aryl methyl sites for hydroxylation is 1. The zero-order valence-corrected chi connectivity index (χ0v) is 18.0. The highest BCUT2D eigenvalue weighted by molar-refractivity contribution is 6.39. The van der Waals surface area contributed by atoms with E-state index in [0.717, 1.165) is 43.1 Å². The van der Waals surface area contributed by atoms with Crippen LogP contribution in [0.2, 0.25) is 10.0 Å². The Bertz CT molecular complexity index is 1060. The molecule has 3 heterocycles. The van der Waals surface area contributed by atoms with Gasteiger partial charge in [-0.3, -0.25) is 4.79 Å². The summed E-state index contributed by atoms with van der Waals surface area (Å²) in [5, 5.41) is 3.95. The lowest BCUT2D eigenvalue weighted by molar-refractivity contribution is 0.0993. The maximum Gasteiger partial charge on any atom is 0.227 e. The zero-order chi connectivity index (χ0) is 21.1. The van der Waals surface area contributed by atoms with Crippen LogP contribution in [-0.4, -0.2) is 33.8 Å². The largest absolute Gasteiger partial charge is 0.341 e. The standard InChI is InChI=1S/C22H21Cl2N5O/c1-2-15-13-20(28-22(26-15)29-9-4-10-29)27-19-12-14(7-8-25-19)11-18(30)21-16(23)5-3-6-17(21)24/h3,5-8,12-13H,2,4,9-11H2,1H3,(H,25,26,27,28). The average molecular weight is 442 g/mol. The zero-order valence-electron chi connectivity index (χ0n) is 16.5. The molecule has 30 heavy (non-hydrogen) atoms. The summed E-state index contributed by atoms with van der Waals surface area (Å²) in [6.45, 7) is 4.02. The number of aromatic nitrogens is 3. The minimum absolute atomic E-state index is 0.141. The van der Waals surface area contributed by atoms with Gasteiger partial charge in [0.05, 0.1) is 15.6 Å². The van der Waals surface area contributed by atoms with Crippen LogP contribution in [0, 0.1) is 0 Å². The molecular formula is C22H21Cl2N5O. The molecule has 1 aliphatic heterocycles. The summed E-state index contributed by atoms with van der Waals surface area (Å²) in [4.78, 5) is 28.5. The van der Waals surface area contributed by atoms with Gasteiger partial charge in [0, 0.05) is 37.5 Å². The van der Waals surface area contributed by atoms with Crippen LogP contribution in [-0.2, 0) is 12.8 Å². The van der Waals surface area contributed by atoms with Gasteiger partial charge in [-0.25, -0.2) is 9.97 Å². The molecule has 0 saturated carbocycles. The van der Waals surface area contributed by atoms with Crippen LogP contribution in [0.1, 0.15) is 35.0 Å². The van der Waals surface area contributed by atoms with Gasteiger partial charge in [0.1, 0.15) is 11.6 Å². The Hall–Kier alpha value is -2.70. The minimum Gasteiger partial charge on any atom is -0.341 e. The maximum absolute atomic E-state index is 12.7. The van der Waals surface area contributed by atoms with Crippen molar-refractivity contribution < 1.29 is 4.79 Å². The van der Waals surface area contributed by atoms with Crippen LogP contribution in [0.5, 0.6) is 0 Å². The lowest BCUT2D eigenvalue weighted by atomic mass is 10.0. The molecule has 154 valence electrons. The van der Waals surface area contributed by atoms with Gasteiger partial charge in [0.25, 0.3) is 0 Å². The maximum atomic E-state index is 12.7. The predicted octanol–water partition coefficient (Wildman–Crippen LogP) is 5.12. The first-order valence-electron chi connectivity index (χ1n) is 9.85. The topological polar surface area (TPSA) is 71.0 Å². The molecule has 1 saturated heterocycles. The number of ketones is 1. The van der Waals surface area contributed by atoms with Crippen LogP contribution in [0.3, 0.4) is 0 Å². The highest BCUT2D eigenvalue weighted by Crippen LogP contribution is 2.26. The van der Waals surface area contributed by atoms with Gasteiger partial charge in [-0.15, -0.1) is 0 Å². The van der Waals surface area contributed by atoms with Crippen molar-refractivity contribution in [3.05, 3.63) is 69.5 Å². The van der Waals surface area contributed by atoms with E-state index in [1.54, 1.807) is 30.5 Å². The molecule has 8 heteroatoms. The summed E-state index contributed by atoms with van der Waals surface area (Å²) in [6, 6.07) is 10.6. The molecule has 0 radical (unpaired) electrons. The van der Waals surface area contributed by atoms with Gasteiger partial charge >= 0.3 is 0 Å². The summed E-state index contributed by atoms with van der Waals surface area (Å²) in [5.41, 5.74) is 2.12. The molecule has 0 atom stereocenters. The predicted molar refractivity (Wildman–Crippen MR) is 120 cm³/mol. The van der Waals surface area contributed by atoms with E-state index in [9.17, 15) is 4.79 Å². The van der Waals surface area contributed by atoms with E-state index in [1.807, 2.05) is 12.1 Å². The minimum atomic E-state index is -0.141. The number of Topliss-reactive ketones (excluding diaryl/α,β-unsaturated/α-hetero) is 1. The van der Waals surface area contributed by atoms with E-state index in [-0.39, 0.29) is 12.2 Å². The summed E-state index contributed by atoms with van der Waals surface area (Å²) in [5.74, 6) is 1.90. The Morgan fingerprint density at radius 2 is 1.87 bits per heavy atom. The smallest absolute Gasteiger partial charge is 0.227 e. The highest BCUT2D eigenvalue weighted by Gasteiger charge is 2.19. The lowest BCUT2D eigenvalue weighted by Gasteiger charge is -2.31. The fraction of sp³-hybridized carbons (Fsp3) is 0.273. The molecule has 2 aromatic heterocycles. The Labute approximate surface area is 185 Å². The summed E-state index contributed by atoms with van der Waals surface area (Å²) in [7, 11) is 0. The number of pyridine rings is 1. The molecule has 4 rings (SSSR count). The van der Waals surface area contributed by atoms with E-state index in [1.165, 1.54) is 0 Å². The summed E-state index contributed by atoms with van der Waals surface area (Å²) >= 11 is 12.3. The molecule has 1 N–H and O–H groups in total. The molecule has 0 aliphatic carbocycles. The molecule has 0 bridgehead atoms. The highest BCUT2D eigenvalue weighted by atomic mass is 35.5. The van der Waals surface area contributed by atoms with Crippen molar-refractivity contribution in [1.82, 2.24) is 15.0 Å². The van der Waals surface area contributed by atoms with Gasteiger partial charge in [0.15, 0.2) is 5.78 Å². The number of rotatable bonds is 7. The van der Waals surface area contributed by atoms with E-state index >= 15 is 0 Å². The number of carbonyl (C=O) groups excluding carboxylic acids is 1. The van der Waals surface area contributed by atoms with Crippen LogP contribution >= 0.6 is 23.2 Å². The van der Waals surface area contributed by atoms with E-state index in [0.29, 0.717) is 27.2 Å². The van der Waals surface area contributed by atoms with Gasteiger partial charge in [-0.05, 0) is 42.7 Å². The van der Waals surface area contributed by atoms with E-state index < -0.39 is 0 Å². The van der Waals surface area contributed by atoms with Crippen molar-refractivity contribution in [2.75, 3.05) is 23.3 Å². The van der Waals surface area contributed by atoms with Gasteiger partial charge in [-0.2, -0.15) is 4.98 Å². The molecular weight excluding hydrogens is 421 g/mol. The number of hydrogen-bond acceptors (Lipinski definition) is 6. The normalized spacial score (nSPS) is 13.1. The fourth-order valence-corrected chi connectivity index (χ4v) is 3.82. The Morgan fingerprint density at radius 1 is 1.10 bits per heavy atom. The van der Waals surface area contributed by atoms with Gasteiger partial charge in [0.2, 0.25) is 5.95 Å². The number of hydrogen-bond donors (Lipinski definition) is 1. The third kappa shape index (κ3) is 4.55. The SMILES string of the molecule is CCc1cc(Nc2cc(CC(=O)c3c(Cl)cccc3Cl)ccn2)nc(N2CCC2)n1. The fourth-order valence-electron chi connectivity index (χ4n) is 3.21. The first-order valence-corrected chi connectivity index (χ1v) is 10.6. The second-order valence-corrected chi connectivity index (χ2v) is 7.92. The summed E-state index contributed by atoms with van der Waals surface area (Å²) < 4.78 is 0. The Morgan fingerprint density at radius 3 is 2.53 bits per heavy atom. The first-order chi connectivity index (χ1) is 14.5. The number of nitrogens with zero attached hydrogens (tertiary/aromatic N) is 4. The van der Waals surface area contributed by atoms with Crippen molar-refractivity contribution in [2.24, 2.45) is 0 Å². The second kappa shape index (κ2) is 8.98. The molecule has 0 unspecified atom stereocenters. The van der Waals surface area contributed by atoms with Gasteiger partial charge in [-0.1, -0.05) is 36.2 Å². The van der Waals surface area contributed by atoms with Crippen molar-refractivity contribution in [1.29, 1.82) is 0 Å². The van der Waals surface area contributed by atoms with Crippen LogP contribution in [0.15, 0.2) is 42.6 Å². The van der Waals surface area contributed by atoms with E-state index in [4.69, 9.17) is 23.2 Å². The number of halogens is 2. The summed E-state index contributed by atoms with van der Waals surface area (Å²) in [6.07, 6.45) is 3.81. The van der Waals surface area contributed by atoms with Gasteiger partial charge < -0.3 is 10.2 Å². The Balaban J connectivity index is 1.53. The number of anilines is 3. The molecule has 0 spiro atoms. The van der Waals surface area contributed by atoms with Crippen molar-refractivity contribution >= 4 is 46.6 Å². The number of nitrogens with one attached hydrogen (secondary N) is 1.